The molecule has 0 heterocycles. The lowest BCUT2D eigenvalue weighted by Gasteiger charge is -2.07. The SMILES string of the molecule is O=C(Cc1ccccc1F)Nc1ccc([N+](=O)[O-])cc1O. The molecule has 2 N–H and O–H groups in total. The molecule has 0 saturated carbocycles. The molecule has 0 bridgehead atoms. The maximum absolute atomic E-state index is 13.4. The number of aromatic hydroxyl groups is 1. The summed E-state index contributed by atoms with van der Waals surface area (Å²) in [7, 11) is 0. The second-order valence-corrected chi connectivity index (χ2v) is 4.27. The summed E-state index contributed by atoms with van der Waals surface area (Å²) in [5, 5.41) is 22.5. The highest BCUT2D eigenvalue weighted by Crippen LogP contribution is 2.27. The number of hydrogen-bond acceptors (Lipinski definition) is 4. The Hall–Kier alpha value is -2.96. The Kier molecular flexibility index (Phi) is 4.13. The number of non-ortho nitro benzene ring substituents is 1. The van der Waals surface area contributed by atoms with E-state index in [1.807, 2.05) is 0 Å². The van der Waals surface area contributed by atoms with Crippen LogP contribution in [0.2, 0.25) is 0 Å². The van der Waals surface area contributed by atoms with E-state index in [0.29, 0.717) is 0 Å². The average molecular weight is 290 g/mol. The second kappa shape index (κ2) is 6.00. The molecule has 0 unspecified atom stereocenters. The van der Waals surface area contributed by atoms with Crippen LogP contribution in [0.4, 0.5) is 15.8 Å². The molecule has 0 spiro atoms. The number of carbonyl (C=O) groups excluding carboxylic acids is 1. The number of halogens is 1. The monoisotopic (exact) mass is 290 g/mol. The normalized spacial score (nSPS) is 10.1. The first kappa shape index (κ1) is 14.4. The zero-order chi connectivity index (χ0) is 15.4. The van der Waals surface area contributed by atoms with E-state index >= 15 is 0 Å². The van der Waals surface area contributed by atoms with Crippen molar-refractivity contribution in [3.8, 4) is 5.75 Å². The summed E-state index contributed by atoms with van der Waals surface area (Å²) < 4.78 is 13.4. The van der Waals surface area contributed by atoms with Crippen LogP contribution in [-0.2, 0) is 11.2 Å². The fraction of sp³-hybridized carbons (Fsp3) is 0.0714. The maximum atomic E-state index is 13.4. The first-order valence-corrected chi connectivity index (χ1v) is 5.98. The molecule has 21 heavy (non-hydrogen) atoms. The number of rotatable bonds is 4. The molecule has 2 aromatic rings. The van der Waals surface area contributed by atoms with Gasteiger partial charge in [-0.1, -0.05) is 18.2 Å². The number of phenolic OH excluding ortho intramolecular Hbond substituents is 1. The summed E-state index contributed by atoms with van der Waals surface area (Å²) in [6.07, 6.45) is -0.205. The third-order valence-electron chi connectivity index (χ3n) is 2.78. The first-order chi connectivity index (χ1) is 9.97. The molecule has 0 aliphatic heterocycles. The van der Waals surface area contributed by atoms with Gasteiger partial charge in [0.2, 0.25) is 5.91 Å². The molecule has 2 rings (SSSR count). The summed E-state index contributed by atoms with van der Waals surface area (Å²) in [5.41, 5.74) is -0.0436. The van der Waals surface area contributed by atoms with Crippen LogP contribution in [0.15, 0.2) is 42.5 Å². The van der Waals surface area contributed by atoms with Crippen molar-refractivity contribution in [2.75, 3.05) is 5.32 Å². The van der Waals surface area contributed by atoms with Crippen molar-refractivity contribution in [1.29, 1.82) is 0 Å². The number of nitrogens with zero attached hydrogens (tertiary/aromatic N) is 1. The molecule has 0 aromatic heterocycles. The lowest BCUT2D eigenvalue weighted by Crippen LogP contribution is -2.15. The minimum atomic E-state index is -0.662. The first-order valence-electron chi connectivity index (χ1n) is 5.98. The smallest absolute Gasteiger partial charge is 0.273 e. The summed E-state index contributed by atoms with van der Waals surface area (Å²) in [6.45, 7) is 0. The second-order valence-electron chi connectivity index (χ2n) is 4.27. The van der Waals surface area contributed by atoms with Crippen molar-refractivity contribution in [3.63, 3.8) is 0 Å². The van der Waals surface area contributed by atoms with Crippen LogP contribution in [0.25, 0.3) is 0 Å². The van der Waals surface area contributed by atoms with Crippen LogP contribution in [-0.4, -0.2) is 15.9 Å². The summed E-state index contributed by atoms with van der Waals surface area (Å²) in [5.74, 6) is -1.46. The summed E-state index contributed by atoms with van der Waals surface area (Å²) in [6, 6.07) is 9.13. The Balaban J connectivity index is 2.10. The van der Waals surface area contributed by atoms with Gasteiger partial charge in [0.15, 0.2) is 0 Å². The molecule has 108 valence electrons. The van der Waals surface area contributed by atoms with Crippen LogP contribution in [0.3, 0.4) is 0 Å². The average Bonchev–Trinajstić information content (AvgIpc) is 2.43. The van der Waals surface area contributed by atoms with Gasteiger partial charge in [0, 0.05) is 6.07 Å². The Labute approximate surface area is 119 Å². The van der Waals surface area contributed by atoms with Crippen molar-refractivity contribution in [1.82, 2.24) is 0 Å². The van der Waals surface area contributed by atoms with E-state index < -0.39 is 22.4 Å². The topological polar surface area (TPSA) is 92.5 Å². The molecule has 0 aliphatic rings. The number of nitro benzene ring substituents is 1. The minimum Gasteiger partial charge on any atom is -0.506 e. The van der Waals surface area contributed by atoms with Gasteiger partial charge in [0.1, 0.15) is 11.6 Å². The summed E-state index contributed by atoms with van der Waals surface area (Å²) in [4.78, 5) is 21.7. The van der Waals surface area contributed by atoms with E-state index in [4.69, 9.17) is 0 Å². The van der Waals surface area contributed by atoms with Crippen molar-refractivity contribution in [3.05, 3.63) is 64.0 Å². The van der Waals surface area contributed by atoms with Gasteiger partial charge in [-0.3, -0.25) is 14.9 Å². The molecule has 0 fully saturated rings. The van der Waals surface area contributed by atoms with Crippen LogP contribution in [0.1, 0.15) is 5.56 Å². The minimum absolute atomic E-state index is 0.0296. The quantitative estimate of drug-likeness (QED) is 0.514. The van der Waals surface area contributed by atoms with Crippen LogP contribution >= 0.6 is 0 Å². The van der Waals surface area contributed by atoms with Gasteiger partial charge in [-0.25, -0.2) is 4.39 Å². The molecule has 1 amide bonds. The summed E-state index contributed by atoms with van der Waals surface area (Å²) >= 11 is 0. The third-order valence-corrected chi connectivity index (χ3v) is 2.78. The number of amides is 1. The van der Waals surface area contributed by atoms with Crippen molar-refractivity contribution in [2.45, 2.75) is 6.42 Å². The number of anilines is 1. The highest BCUT2D eigenvalue weighted by Gasteiger charge is 2.13. The number of nitrogens with one attached hydrogen (secondary N) is 1. The van der Waals surface area contributed by atoms with Crippen LogP contribution in [0, 0.1) is 15.9 Å². The number of benzene rings is 2. The Morgan fingerprint density at radius 1 is 1.29 bits per heavy atom. The van der Waals surface area contributed by atoms with Gasteiger partial charge >= 0.3 is 0 Å². The molecule has 6 nitrogen and oxygen atoms in total. The Morgan fingerprint density at radius 3 is 2.62 bits per heavy atom. The fourth-order valence-corrected chi connectivity index (χ4v) is 1.75. The molecule has 0 radical (unpaired) electrons. The maximum Gasteiger partial charge on any atom is 0.273 e. The van der Waals surface area contributed by atoms with E-state index in [1.165, 1.54) is 24.3 Å². The standard InChI is InChI=1S/C14H11FN2O4/c15-11-4-2-1-3-9(11)7-14(19)16-12-6-5-10(17(20)21)8-13(12)18/h1-6,8,18H,7H2,(H,16,19). The van der Waals surface area contributed by atoms with Crippen molar-refractivity contribution < 1.29 is 19.2 Å². The van der Waals surface area contributed by atoms with Gasteiger partial charge in [0.05, 0.1) is 23.1 Å². The Morgan fingerprint density at radius 2 is 2.00 bits per heavy atom. The molecule has 7 heteroatoms. The van der Waals surface area contributed by atoms with E-state index in [2.05, 4.69) is 5.32 Å². The van der Waals surface area contributed by atoms with E-state index in [0.717, 1.165) is 12.1 Å². The highest BCUT2D eigenvalue weighted by molar-refractivity contribution is 5.93. The van der Waals surface area contributed by atoms with E-state index in [1.54, 1.807) is 6.07 Å². The van der Waals surface area contributed by atoms with Gasteiger partial charge < -0.3 is 10.4 Å². The largest absolute Gasteiger partial charge is 0.506 e. The van der Waals surface area contributed by atoms with Crippen molar-refractivity contribution >= 4 is 17.3 Å². The number of nitro groups is 1. The van der Waals surface area contributed by atoms with E-state index in [-0.39, 0.29) is 23.4 Å². The zero-order valence-corrected chi connectivity index (χ0v) is 10.7. The highest BCUT2D eigenvalue weighted by atomic mass is 19.1. The number of carbonyl (C=O) groups is 1. The molecular weight excluding hydrogens is 279 g/mol. The lowest BCUT2D eigenvalue weighted by atomic mass is 10.1. The molecule has 0 atom stereocenters. The number of hydrogen-bond donors (Lipinski definition) is 2. The van der Waals surface area contributed by atoms with E-state index in [9.17, 15) is 24.4 Å². The van der Waals surface area contributed by atoms with Crippen LogP contribution in [0.5, 0.6) is 5.75 Å². The van der Waals surface area contributed by atoms with Gasteiger partial charge in [-0.15, -0.1) is 0 Å². The molecule has 2 aromatic carbocycles. The number of phenols is 1. The Bertz CT molecular complexity index is 703. The fourth-order valence-electron chi connectivity index (χ4n) is 1.75. The zero-order valence-electron chi connectivity index (χ0n) is 10.7. The van der Waals surface area contributed by atoms with Gasteiger partial charge in [-0.2, -0.15) is 0 Å². The van der Waals surface area contributed by atoms with Gasteiger partial charge in [0.25, 0.3) is 5.69 Å². The molecule has 0 aliphatic carbocycles. The molecular formula is C14H11FN2O4. The predicted molar refractivity (Wildman–Crippen MR) is 73.5 cm³/mol. The van der Waals surface area contributed by atoms with Gasteiger partial charge in [-0.05, 0) is 17.7 Å². The third kappa shape index (κ3) is 3.53. The molecule has 0 saturated heterocycles. The van der Waals surface area contributed by atoms with Crippen LogP contribution < -0.4 is 5.32 Å². The van der Waals surface area contributed by atoms with Crippen molar-refractivity contribution in [2.24, 2.45) is 0 Å². The predicted octanol–water partition coefficient (Wildman–Crippen LogP) is 2.62. The lowest BCUT2D eigenvalue weighted by molar-refractivity contribution is -0.384.